The molecule has 1 saturated heterocycles. The Bertz CT molecular complexity index is 813. The average Bonchev–Trinajstić information content (AvgIpc) is 3.19. The summed E-state index contributed by atoms with van der Waals surface area (Å²) in [5, 5.41) is 6.49. The van der Waals surface area contributed by atoms with Gasteiger partial charge >= 0.3 is 6.18 Å². The minimum Gasteiger partial charge on any atom is -0.468 e. The molecule has 2 aromatic rings. The second-order valence-electron chi connectivity index (χ2n) is 6.71. The number of nitrogens with one attached hydrogen (secondary N) is 2. The van der Waals surface area contributed by atoms with Crippen molar-refractivity contribution in [3.63, 3.8) is 0 Å². The van der Waals surface area contributed by atoms with Crippen molar-refractivity contribution in [3.05, 3.63) is 54.2 Å². The van der Waals surface area contributed by atoms with Crippen molar-refractivity contribution in [3.8, 4) is 5.88 Å². The van der Waals surface area contributed by atoms with Gasteiger partial charge in [-0.25, -0.2) is 4.98 Å². The summed E-state index contributed by atoms with van der Waals surface area (Å²) in [6.45, 7) is 0.658. The lowest BCUT2D eigenvalue weighted by atomic mass is 10.2. The Hall–Kier alpha value is -2.97. The van der Waals surface area contributed by atoms with E-state index in [4.69, 9.17) is 4.74 Å². The molecule has 2 heterocycles. The molecule has 1 unspecified atom stereocenters. The largest absolute Gasteiger partial charge is 0.468 e. The number of hydrogen-bond acceptors (Lipinski definition) is 4. The zero-order chi connectivity index (χ0) is 20.7. The SMILES string of the molecule is CN=C(NCc1cccnc1OCC(F)(F)F)NC1CCN(c2ccccc2)C1. The molecule has 29 heavy (non-hydrogen) atoms. The lowest BCUT2D eigenvalue weighted by Crippen LogP contribution is -2.44. The minimum absolute atomic E-state index is 0.0381. The Kier molecular flexibility index (Phi) is 6.79. The van der Waals surface area contributed by atoms with Crippen LogP contribution < -0.4 is 20.3 Å². The molecular weight excluding hydrogens is 383 g/mol. The van der Waals surface area contributed by atoms with E-state index in [0.29, 0.717) is 11.5 Å². The van der Waals surface area contributed by atoms with Crippen molar-refractivity contribution in [1.29, 1.82) is 0 Å². The van der Waals surface area contributed by atoms with Crippen LogP contribution in [-0.4, -0.2) is 49.9 Å². The number of para-hydroxylation sites is 1. The highest BCUT2D eigenvalue weighted by Gasteiger charge is 2.29. The summed E-state index contributed by atoms with van der Waals surface area (Å²) in [4.78, 5) is 10.4. The van der Waals surface area contributed by atoms with Gasteiger partial charge in [0.2, 0.25) is 5.88 Å². The molecule has 1 fully saturated rings. The zero-order valence-corrected chi connectivity index (χ0v) is 16.1. The number of hydrogen-bond donors (Lipinski definition) is 2. The Morgan fingerprint density at radius 1 is 1.24 bits per heavy atom. The van der Waals surface area contributed by atoms with E-state index in [2.05, 4.69) is 37.6 Å². The molecule has 0 spiro atoms. The maximum absolute atomic E-state index is 12.4. The maximum atomic E-state index is 12.4. The summed E-state index contributed by atoms with van der Waals surface area (Å²) < 4.78 is 42.1. The third kappa shape index (κ3) is 6.27. The van der Waals surface area contributed by atoms with Crippen molar-refractivity contribution in [2.24, 2.45) is 4.99 Å². The summed E-state index contributed by atoms with van der Waals surface area (Å²) in [6, 6.07) is 13.7. The number of nitrogens with zero attached hydrogens (tertiary/aromatic N) is 3. The second kappa shape index (κ2) is 9.49. The molecule has 1 aromatic carbocycles. The molecule has 6 nitrogen and oxygen atoms in total. The fraction of sp³-hybridized carbons (Fsp3) is 0.400. The van der Waals surface area contributed by atoms with Crippen LogP contribution >= 0.6 is 0 Å². The van der Waals surface area contributed by atoms with Crippen molar-refractivity contribution in [2.75, 3.05) is 31.6 Å². The number of rotatable bonds is 6. The van der Waals surface area contributed by atoms with E-state index in [1.54, 1.807) is 19.2 Å². The molecule has 0 saturated carbocycles. The van der Waals surface area contributed by atoms with E-state index >= 15 is 0 Å². The van der Waals surface area contributed by atoms with Crippen LogP contribution in [-0.2, 0) is 6.54 Å². The van der Waals surface area contributed by atoms with E-state index in [1.165, 1.54) is 11.9 Å². The van der Waals surface area contributed by atoms with E-state index in [0.717, 1.165) is 19.5 Å². The van der Waals surface area contributed by atoms with Crippen LogP contribution in [0, 0.1) is 0 Å². The van der Waals surface area contributed by atoms with Crippen molar-refractivity contribution < 1.29 is 17.9 Å². The van der Waals surface area contributed by atoms with Crippen LogP contribution in [0.4, 0.5) is 18.9 Å². The number of alkyl halides is 3. The van der Waals surface area contributed by atoms with Gasteiger partial charge < -0.3 is 20.3 Å². The van der Waals surface area contributed by atoms with Gasteiger partial charge in [-0.15, -0.1) is 0 Å². The minimum atomic E-state index is -4.41. The molecule has 1 aliphatic rings. The third-order valence-electron chi connectivity index (χ3n) is 4.54. The fourth-order valence-electron chi connectivity index (χ4n) is 3.16. The van der Waals surface area contributed by atoms with Crippen LogP contribution in [0.15, 0.2) is 53.7 Å². The lowest BCUT2D eigenvalue weighted by molar-refractivity contribution is -0.154. The standard InChI is InChI=1S/C20H24F3N5O/c1-24-19(27-16-9-11-28(13-16)17-7-3-2-4-8-17)26-12-15-6-5-10-25-18(15)29-14-20(21,22)23/h2-8,10,16H,9,11-14H2,1H3,(H2,24,26,27). The van der Waals surface area contributed by atoms with Gasteiger partial charge in [-0.2, -0.15) is 13.2 Å². The summed E-state index contributed by atoms with van der Waals surface area (Å²) in [7, 11) is 1.66. The van der Waals surface area contributed by atoms with E-state index < -0.39 is 12.8 Å². The maximum Gasteiger partial charge on any atom is 0.422 e. The normalized spacial score (nSPS) is 17.3. The van der Waals surface area contributed by atoms with Gasteiger partial charge in [0.15, 0.2) is 12.6 Å². The number of guanidine groups is 1. The fourth-order valence-corrected chi connectivity index (χ4v) is 3.16. The van der Waals surface area contributed by atoms with E-state index in [1.807, 2.05) is 18.2 Å². The number of benzene rings is 1. The quantitative estimate of drug-likeness (QED) is 0.570. The molecule has 0 aliphatic carbocycles. The first-order valence-corrected chi connectivity index (χ1v) is 9.35. The smallest absolute Gasteiger partial charge is 0.422 e. The molecule has 0 amide bonds. The van der Waals surface area contributed by atoms with Crippen molar-refractivity contribution in [2.45, 2.75) is 25.2 Å². The Morgan fingerprint density at radius 3 is 2.76 bits per heavy atom. The first-order valence-electron chi connectivity index (χ1n) is 9.35. The van der Waals surface area contributed by atoms with Crippen LogP contribution in [0.25, 0.3) is 0 Å². The van der Waals surface area contributed by atoms with E-state index in [9.17, 15) is 13.2 Å². The molecule has 9 heteroatoms. The molecule has 1 aliphatic heterocycles. The van der Waals surface area contributed by atoms with Gasteiger partial charge in [0, 0.05) is 50.2 Å². The van der Waals surface area contributed by atoms with Crippen LogP contribution in [0.2, 0.25) is 0 Å². The van der Waals surface area contributed by atoms with E-state index in [-0.39, 0.29) is 18.5 Å². The summed E-state index contributed by atoms with van der Waals surface area (Å²) >= 11 is 0. The van der Waals surface area contributed by atoms with Gasteiger partial charge in [0.1, 0.15) is 0 Å². The van der Waals surface area contributed by atoms with Crippen LogP contribution in [0.5, 0.6) is 5.88 Å². The summed E-state index contributed by atoms with van der Waals surface area (Å²) in [5.74, 6) is 0.541. The van der Waals surface area contributed by atoms with Crippen LogP contribution in [0.3, 0.4) is 0 Å². The van der Waals surface area contributed by atoms with Crippen molar-refractivity contribution >= 4 is 11.6 Å². The first kappa shape index (κ1) is 20.8. The molecule has 1 aromatic heterocycles. The monoisotopic (exact) mass is 407 g/mol. The lowest BCUT2D eigenvalue weighted by Gasteiger charge is -2.20. The number of aliphatic imine (C=N–C) groups is 1. The first-order chi connectivity index (χ1) is 13.9. The molecule has 0 radical (unpaired) electrons. The highest BCUT2D eigenvalue weighted by molar-refractivity contribution is 5.80. The topological polar surface area (TPSA) is 61.8 Å². The average molecular weight is 407 g/mol. The second-order valence-corrected chi connectivity index (χ2v) is 6.71. The highest BCUT2D eigenvalue weighted by Crippen LogP contribution is 2.21. The molecule has 0 bridgehead atoms. The predicted molar refractivity (Wildman–Crippen MR) is 106 cm³/mol. The number of ether oxygens (including phenoxy) is 1. The Morgan fingerprint density at radius 2 is 2.03 bits per heavy atom. The molecular formula is C20H24F3N5O. The van der Waals surface area contributed by atoms with Gasteiger partial charge in [-0.1, -0.05) is 24.3 Å². The van der Waals surface area contributed by atoms with Gasteiger partial charge in [0.25, 0.3) is 0 Å². The molecule has 156 valence electrons. The summed E-state index contributed by atoms with van der Waals surface area (Å²) in [5.41, 5.74) is 1.71. The van der Waals surface area contributed by atoms with Gasteiger partial charge in [-0.3, -0.25) is 4.99 Å². The number of aromatic nitrogens is 1. The number of halogens is 3. The van der Waals surface area contributed by atoms with Gasteiger partial charge in [0.05, 0.1) is 0 Å². The third-order valence-corrected chi connectivity index (χ3v) is 4.54. The zero-order valence-electron chi connectivity index (χ0n) is 16.1. The highest BCUT2D eigenvalue weighted by atomic mass is 19.4. The molecule has 2 N–H and O–H groups in total. The van der Waals surface area contributed by atoms with Gasteiger partial charge in [-0.05, 0) is 24.6 Å². The molecule has 3 rings (SSSR count). The van der Waals surface area contributed by atoms with Crippen molar-refractivity contribution in [1.82, 2.24) is 15.6 Å². The Labute approximate surface area is 167 Å². The van der Waals surface area contributed by atoms with Crippen LogP contribution in [0.1, 0.15) is 12.0 Å². The number of pyridine rings is 1. The molecule has 1 atom stereocenters. The summed E-state index contributed by atoms with van der Waals surface area (Å²) in [6.07, 6.45) is -2.05. The predicted octanol–water partition coefficient (Wildman–Crippen LogP) is 2.97. The number of anilines is 1. The Balaban J connectivity index is 1.53.